The highest BCUT2D eigenvalue weighted by Gasteiger charge is 2.35. The van der Waals surface area contributed by atoms with Crippen molar-refractivity contribution >= 4 is 31.9 Å². The Kier molecular flexibility index (Phi) is 4.27. The van der Waals surface area contributed by atoms with Gasteiger partial charge in [-0.15, -0.1) is 0 Å². The van der Waals surface area contributed by atoms with Gasteiger partial charge in [-0.05, 0) is 34.2 Å². The molecule has 1 aromatic heterocycles. The second kappa shape index (κ2) is 5.50. The maximum Gasteiger partial charge on any atom is 0.371 e. The van der Waals surface area contributed by atoms with E-state index >= 15 is 0 Å². The van der Waals surface area contributed by atoms with Crippen LogP contribution in [0.5, 0.6) is 0 Å². The molecule has 1 aliphatic rings. The quantitative estimate of drug-likeness (QED) is 0.888. The van der Waals surface area contributed by atoms with Crippen LogP contribution in [0.3, 0.4) is 0 Å². The van der Waals surface area contributed by atoms with E-state index in [0.717, 1.165) is 12.5 Å². The van der Waals surface area contributed by atoms with E-state index in [1.807, 2.05) is 6.92 Å². The first-order valence-corrected chi connectivity index (χ1v) is 8.49. The van der Waals surface area contributed by atoms with Crippen LogP contribution in [0.25, 0.3) is 0 Å². The number of sulfonamides is 1. The van der Waals surface area contributed by atoms with Crippen molar-refractivity contribution in [1.29, 1.82) is 0 Å². The molecule has 20 heavy (non-hydrogen) atoms. The maximum absolute atomic E-state index is 12.5. The lowest BCUT2D eigenvalue weighted by Gasteiger charge is -2.34. The molecule has 1 fully saturated rings. The summed E-state index contributed by atoms with van der Waals surface area (Å²) in [4.78, 5) is 10.7. The molecule has 1 saturated heterocycles. The number of hydrogen-bond acceptors (Lipinski definition) is 4. The van der Waals surface area contributed by atoms with E-state index < -0.39 is 21.8 Å². The molecular weight excluding hydrogens is 350 g/mol. The molecule has 1 N–H and O–H groups in total. The molecule has 0 radical (unpaired) electrons. The molecule has 0 spiro atoms. The first kappa shape index (κ1) is 15.5. The summed E-state index contributed by atoms with van der Waals surface area (Å²) in [6, 6.07) is 1.05. The van der Waals surface area contributed by atoms with E-state index in [-0.39, 0.29) is 15.5 Å². The zero-order valence-corrected chi connectivity index (χ0v) is 13.6. The van der Waals surface area contributed by atoms with Crippen molar-refractivity contribution in [3.8, 4) is 0 Å². The van der Waals surface area contributed by atoms with Crippen molar-refractivity contribution in [3.05, 3.63) is 16.5 Å². The van der Waals surface area contributed by atoms with E-state index in [0.29, 0.717) is 19.0 Å². The van der Waals surface area contributed by atoms with Gasteiger partial charge in [0.1, 0.15) is 4.90 Å². The summed E-state index contributed by atoms with van der Waals surface area (Å²) in [6.07, 6.45) is 0.793. The summed E-state index contributed by atoms with van der Waals surface area (Å²) in [6.45, 7) is 4.99. The lowest BCUT2D eigenvalue weighted by Crippen LogP contribution is -2.42. The minimum atomic E-state index is -3.73. The van der Waals surface area contributed by atoms with Crippen molar-refractivity contribution in [2.75, 3.05) is 13.1 Å². The first-order chi connectivity index (χ1) is 9.23. The number of carboxylic acid groups (broad SMARTS) is 1. The molecule has 8 heteroatoms. The number of aromatic carboxylic acids is 1. The highest BCUT2D eigenvalue weighted by molar-refractivity contribution is 9.10. The molecule has 112 valence electrons. The van der Waals surface area contributed by atoms with Crippen molar-refractivity contribution < 1.29 is 22.7 Å². The van der Waals surface area contributed by atoms with Crippen LogP contribution in [0.4, 0.5) is 0 Å². The van der Waals surface area contributed by atoms with Crippen LogP contribution in [0, 0.1) is 11.8 Å². The standard InChI is InChI=1S/C12H16BrNO5S/c1-7-3-4-14(6-8(7)2)20(17,18)10-5-9(12(15)16)19-11(10)13/h5,7-8H,3-4,6H2,1-2H3,(H,15,16). The van der Waals surface area contributed by atoms with Crippen molar-refractivity contribution in [3.63, 3.8) is 0 Å². The van der Waals surface area contributed by atoms with Gasteiger partial charge in [0.05, 0.1) is 0 Å². The molecule has 2 unspecified atom stereocenters. The van der Waals surface area contributed by atoms with Crippen LogP contribution in [0.15, 0.2) is 20.0 Å². The molecule has 2 atom stereocenters. The first-order valence-electron chi connectivity index (χ1n) is 6.26. The topological polar surface area (TPSA) is 87.8 Å². The van der Waals surface area contributed by atoms with E-state index in [4.69, 9.17) is 9.52 Å². The van der Waals surface area contributed by atoms with Gasteiger partial charge in [-0.2, -0.15) is 4.31 Å². The molecule has 0 aliphatic carbocycles. The third-order valence-electron chi connectivity index (χ3n) is 3.78. The van der Waals surface area contributed by atoms with Crippen molar-refractivity contribution in [2.24, 2.45) is 11.8 Å². The molecule has 0 aromatic carbocycles. The predicted octanol–water partition coefficient (Wildman–Crippen LogP) is 2.41. The molecule has 1 aliphatic heterocycles. The number of hydrogen-bond donors (Lipinski definition) is 1. The Morgan fingerprint density at radius 2 is 2.10 bits per heavy atom. The summed E-state index contributed by atoms with van der Waals surface area (Å²) in [5.41, 5.74) is 0. The Morgan fingerprint density at radius 3 is 2.60 bits per heavy atom. The summed E-state index contributed by atoms with van der Waals surface area (Å²) in [5.74, 6) is -0.950. The van der Waals surface area contributed by atoms with E-state index in [9.17, 15) is 13.2 Å². The van der Waals surface area contributed by atoms with Gasteiger partial charge in [0.2, 0.25) is 15.8 Å². The number of carboxylic acids is 1. The fourth-order valence-electron chi connectivity index (χ4n) is 2.22. The molecule has 6 nitrogen and oxygen atoms in total. The van der Waals surface area contributed by atoms with Crippen LogP contribution >= 0.6 is 15.9 Å². The molecule has 0 amide bonds. The average molecular weight is 366 g/mol. The Labute approximate surface area is 125 Å². The van der Waals surface area contributed by atoms with Crippen molar-refractivity contribution in [2.45, 2.75) is 25.2 Å². The van der Waals surface area contributed by atoms with Gasteiger partial charge in [-0.25, -0.2) is 13.2 Å². The second-order valence-corrected chi connectivity index (χ2v) is 7.79. The molecule has 0 saturated carbocycles. The molecule has 2 heterocycles. The smallest absolute Gasteiger partial charge is 0.371 e. The van der Waals surface area contributed by atoms with Crippen LogP contribution < -0.4 is 0 Å². The largest absolute Gasteiger partial charge is 0.475 e. The molecule has 1 aromatic rings. The summed E-state index contributed by atoms with van der Waals surface area (Å²) < 4.78 is 31.3. The lowest BCUT2D eigenvalue weighted by molar-refractivity contribution is 0.0661. The van der Waals surface area contributed by atoms with Gasteiger partial charge < -0.3 is 9.52 Å². The zero-order valence-electron chi connectivity index (χ0n) is 11.2. The third kappa shape index (κ3) is 2.77. The molecule has 2 rings (SSSR count). The van der Waals surface area contributed by atoms with Gasteiger partial charge >= 0.3 is 5.97 Å². The Morgan fingerprint density at radius 1 is 1.45 bits per heavy atom. The van der Waals surface area contributed by atoms with E-state index in [1.54, 1.807) is 0 Å². The van der Waals surface area contributed by atoms with Gasteiger partial charge in [0.25, 0.3) is 0 Å². The van der Waals surface area contributed by atoms with Crippen LogP contribution in [-0.4, -0.2) is 36.9 Å². The lowest BCUT2D eigenvalue weighted by atomic mass is 9.90. The van der Waals surface area contributed by atoms with Crippen LogP contribution in [-0.2, 0) is 10.0 Å². The van der Waals surface area contributed by atoms with E-state index in [2.05, 4.69) is 22.9 Å². The fourth-order valence-corrected chi connectivity index (χ4v) is 4.67. The monoisotopic (exact) mass is 365 g/mol. The number of carbonyl (C=O) groups is 1. The third-order valence-corrected chi connectivity index (χ3v) is 6.50. The fraction of sp³-hybridized carbons (Fsp3) is 0.583. The van der Waals surface area contributed by atoms with Gasteiger partial charge in [0, 0.05) is 19.2 Å². The van der Waals surface area contributed by atoms with Crippen LogP contribution in [0.2, 0.25) is 0 Å². The number of nitrogens with zero attached hydrogens (tertiary/aromatic N) is 1. The van der Waals surface area contributed by atoms with Crippen LogP contribution in [0.1, 0.15) is 30.8 Å². The summed E-state index contributed by atoms with van der Waals surface area (Å²) in [5, 5.41) is 8.85. The Balaban J connectivity index is 2.33. The van der Waals surface area contributed by atoms with Gasteiger partial charge in [0.15, 0.2) is 4.67 Å². The maximum atomic E-state index is 12.5. The van der Waals surface area contributed by atoms with Gasteiger partial charge in [-0.1, -0.05) is 13.8 Å². The normalized spacial score (nSPS) is 24.8. The predicted molar refractivity (Wildman–Crippen MR) is 75.1 cm³/mol. The number of halogens is 1. The highest BCUT2D eigenvalue weighted by Crippen LogP contribution is 2.32. The second-order valence-electron chi connectivity index (χ2n) is 5.16. The summed E-state index contributed by atoms with van der Waals surface area (Å²) >= 11 is 2.98. The highest BCUT2D eigenvalue weighted by atomic mass is 79.9. The number of furan rings is 1. The Bertz CT molecular complexity index is 624. The van der Waals surface area contributed by atoms with Gasteiger partial charge in [-0.3, -0.25) is 0 Å². The zero-order chi connectivity index (χ0) is 15.1. The number of piperidine rings is 1. The molecule has 0 bridgehead atoms. The van der Waals surface area contributed by atoms with Crippen molar-refractivity contribution in [1.82, 2.24) is 4.31 Å². The number of rotatable bonds is 3. The minimum absolute atomic E-state index is 0.0684. The Hall–Kier alpha value is -0.860. The average Bonchev–Trinajstić information content (AvgIpc) is 2.75. The summed E-state index contributed by atoms with van der Waals surface area (Å²) in [7, 11) is -3.73. The minimum Gasteiger partial charge on any atom is -0.475 e. The van der Waals surface area contributed by atoms with E-state index in [1.165, 1.54) is 4.31 Å². The molecular formula is C12H16BrNO5S. The SMILES string of the molecule is CC1CCN(S(=O)(=O)c2cc(C(=O)O)oc2Br)CC1C.